The molecule has 0 spiro atoms. The summed E-state index contributed by atoms with van der Waals surface area (Å²) in [5.74, 6) is -2.02. The molecule has 1 amide bonds. The summed E-state index contributed by atoms with van der Waals surface area (Å²) in [4.78, 5) is 17.1. The zero-order valence-corrected chi connectivity index (χ0v) is 19.2. The molecule has 1 fully saturated rings. The molecule has 0 unspecified atom stereocenters. The molecule has 1 aliphatic rings. The summed E-state index contributed by atoms with van der Waals surface area (Å²) in [5, 5.41) is 3.38. The van der Waals surface area contributed by atoms with Gasteiger partial charge in [-0.05, 0) is 35.9 Å². The Morgan fingerprint density at radius 1 is 1.12 bits per heavy atom. The van der Waals surface area contributed by atoms with Crippen LogP contribution in [0.3, 0.4) is 0 Å². The summed E-state index contributed by atoms with van der Waals surface area (Å²) < 4.78 is 42.5. The van der Waals surface area contributed by atoms with Crippen molar-refractivity contribution in [3.8, 4) is 0 Å². The summed E-state index contributed by atoms with van der Waals surface area (Å²) >= 11 is 12.0. The predicted molar refractivity (Wildman–Crippen MR) is 120 cm³/mol. The minimum Gasteiger partial charge on any atom is -0.339 e. The molecule has 2 heterocycles. The van der Waals surface area contributed by atoms with Gasteiger partial charge in [0.25, 0.3) is 10.0 Å². The molecule has 32 heavy (non-hydrogen) atoms. The van der Waals surface area contributed by atoms with Crippen LogP contribution < -0.4 is 5.32 Å². The van der Waals surface area contributed by atoms with Crippen LogP contribution in [0.5, 0.6) is 0 Å². The SMILES string of the molecule is Cn1cnc(S(=O)(=O)N2C[C@H](C(=O)Nc3cc(Cl)cc(Cl)c3)[C@@H](c3ccc(F)cc3)C2)c1. The van der Waals surface area contributed by atoms with Crippen molar-refractivity contribution < 1.29 is 17.6 Å². The van der Waals surface area contributed by atoms with Crippen LogP contribution in [-0.4, -0.2) is 41.3 Å². The van der Waals surface area contributed by atoms with Crippen LogP contribution in [0, 0.1) is 11.7 Å². The summed E-state index contributed by atoms with van der Waals surface area (Å²) in [6.07, 6.45) is 2.80. The molecule has 11 heteroatoms. The number of carbonyl (C=O) groups excluding carboxylic acids is 1. The van der Waals surface area contributed by atoms with Crippen LogP contribution in [0.4, 0.5) is 10.1 Å². The smallest absolute Gasteiger partial charge is 0.262 e. The van der Waals surface area contributed by atoms with E-state index in [0.29, 0.717) is 21.3 Å². The second-order valence-corrected chi connectivity index (χ2v) is 10.4. The average molecular weight is 497 g/mol. The van der Waals surface area contributed by atoms with Gasteiger partial charge in [-0.1, -0.05) is 35.3 Å². The third kappa shape index (κ3) is 4.66. The molecule has 4 rings (SSSR count). The first-order valence-corrected chi connectivity index (χ1v) is 11.8. The molecule has 1 aromatic heterocycles. The van der Waals surface area contributed by atoms with E-state index in [9.17, 15) is 17.6 Å². The molecular weight excluding hydrogens is 478 g/mol. The molecule has 2 atom stereocenters. The van der Waals surface area contributed by atoms with Crippen LogP contribution in [-0.2, 0) is 21.9 Å². The Morgan fingerprint density at radius 3 is 2.38 bits per heavy atom. The molecule has 3 aromatic rings. The Kier molecular flexibility index (Phi) is 6.26. The zero-order valence-electron chi connectivity index (χ0n) is 16.9. The van der Waals surface area contributed by atoms with Gasteiger partial charge in [0.05, 0.1) is 12.2 Å². The number of aryl methyl sites for hydroxylation is 1. The number of amides is 1. The maximum absolute atomic E-state index is 13.5. The first kappa shape index (κ1) is 22.7. The maximum atomic E-state index is 13.5. The van der Waals surface area contributed by atoms with Crippen LogP contribution in [0.2, 0.25) is 10.0 Å². The zero-order chi connectivity index (χ0) is 23.0. The van der Waals surface area contributed by atoms with Crippen molar-refractivity contribution in [2.45, 2.75) is 10.9 Å². The summed E-state index contributed by atoms with van der Waals surface area (Å²) in [6.45, 7) is 0.0000105. The third-order valence-corrected chi connectivity index (χ3v) is 7.49. The molecule has 0 radical (unpaired) electrons. The molecular formula is C21H19Cl2FN4O3S. The van der Waals surface area contributed by atoms with Crippen molar-refractivity contribution in [3.05, 3.63) is 76.4 Å². The molecule has 1 aliphatic heterocycles. The van der Waals surface area contributed by atoms with Crippen LogP contribution in [0.25, 0.3) is 0 Å². The minimum atomic E-state index is -3.91. The van der Waals surface area contributed by atoms with E-state index in [4.69, 9.17) is 23.2 Å². The molecule has 0 aliphatic carbocycles. The molecule has 0 bridgehead atoms. The van der Waals surface area contributed by atoms with Gasteiger partial charge in [0, 0.05) is 48.0 Å². The summed E-state index contributed by atoms with van der Waals surface area (Å²) in [7, 11) is -2.24. The number of nitrogens with zero attached hydrogens (tertiary/aromatic N) is 3. The first-order valence-electron chi connectivity index (χ1n) is 9.64. The maximum Gasteiger partial charge on any atom is 0.262 e. The average Bonchev–Trinajstić information content (AvgIpc) is 3.35. The minimum absolute atomic E-state index is 0.0545. The van der Waals surface area contributed by atoms with E-state index in [0.717, 1.165) is 0 Å². The van der Waals surface area contributed by atoms with E-state index >= 15 is 0 Å². The van der Waals surface area contributed by atoms with E-state index in [1.165, 1.54) is 39.6 Å². The van der Waals surface area contributed by atoms with E-state index in [-0.39, 0.29) is 18.1 Å². The normalized spacial score (nSPS) is 19.2. The molecule has 2 aromatic carbocycles. The number of hydrogen-bond acceptors (Lipinski definition) is 4. The van der Waals surface area contributed by atoms with Gasteiger partial charge in [-0.15, -0.1) is 0 Å². The van der Waals surface area contributed by atoms with Crippen LogP contribution >= 0.6 is 23.2 Å². The molecule has 1 saturated heterocycles. The topological polar surface area (TPSA) is 84.3 Å². The lowest BCUT2D eigenvalue weighted by Crippen LogP contribution is -2.32. The van der Waals surface area contributed by atoms with Crippen molar-refractivity contribution in [2.75, 3.05) is 18.4 Å². The van der Waals surface area contributed by atoms with Gasteiger partial charge in [0.15, 0.2) is 5.03 Å². The molecule has 168 valence electrons. The number of sulfonamides is 1. The van der Waals surface area contributed by atoms with Gasteiger partial charge in [0.1, 0.15) is 5.82 Å². The lowest BCUT2D eigenvalue weighted by molar-refractivity contribution is -0.119. The highest BCUT2D eigenvalue weighted by Gasteiger charge is 2.44. The van der Waals surface area contributed by atoms with Gasteiger partial charge < -0.3 is 9.88 Å². The first-order chi connectivity index (χ1) is 15.1. The standard InChI is InChI=1S/C21H19Cl2FN4O3S/c1-27-11-20(25-12-27)32(30,31)28-9-18(13-2-4-16(24)5-3-13)19(10-28)21(29)26-17-7-14(22)6-15(23)8-17/h2-8,11-12,18-19H,9-10H2,1H3,(H,26,29)/t18-,19+/m1/s1. The number of benzene rings is 2. The largest absolute Gasteiger partial charge is 0.339 e. The van der Waals surface area contributed by atoms with E-state index < -0.39 is 33.6 Å². The van der Waals surface area contributed by atoms with E-state index in [1.807, 2.05) is 0 Å². The van der Waals surface area contributed by atoms with Crippen LogP contribution in [0.15, 0.2) is 60.0 Å². The second-order valence-electron chi connectivity index (χ2n) is 7.61. The number of imidazole rings is 1. The predicted octanol–water partition coefficient (Wildman–Crippen LogP) is 3.91. The lowest BCUT2D eigenvalue weighted by atomic mass is 9.88. The number of nitrogens with one attached hydrogen (secondary N) is 1. The molecule has 7 nitrogen and oxygen atoms in total. The van der Waals surface area contributed by atoms with Crippen molar-refractivity contribution in [1.82, 2.24) is 13.9 Å². The van der Waals surface area contributed by atoms with Crippen molar-refractivity contribution >= 4 is 44.8 Å². The van der Waals surface area contributed by atoms with Crippen LogP contribution in [0.1, 0.15) is 11.5 Å². The van der Waals surface area contributed by atoms with Gasteiger partial charge >= 0.3 is 0 Å². The van der Waals surface area contributed by atoms with Crippen molar-refractivity contribution in [2.24, 2.45) is 13.0 Å². The summed E-state index contributed by atoms with van der Waals surface area (Å²) in [6, 6.07) is 10.3. The Morgan fingerprint density at radius 2 is 1.78 bits per heavy atom. The van der Waals surface area contributed by atoms with Crippen molar-refractivity contribution in [3.63, 3.8) is 0 Å². The number of rotatable bonds is 5. The second kappa shape index (κ2) is 8.82. The Balaban J connectivity index is 1.65. The lowest BCUT2D eigenvalue weighted by Gasteiger charge is -2.18. The fourth-order valence-electron chi connectivity index (χ4n) is 3.79. The number of aromatic nitrogens is 2. The van der Waals surface area contributed by atoms with E-state index in [2.05, 4.69) is 10.3 Å². The summed E-state index contributed by atoms with van der Waals surface area (Å²) in [5.41, 5.74) is 1.06. The number of carbonyl (C=O) groups is 1. The Labute approximate surface area is 194 Å². The van der Waals surface area contributed by atoms with Crippen molar-refractivity contribution in [1.29, 1.82) is 0 Å². The van der Waals surface area contributed by atoms with E-state index in [1.54, 1.807) is 31.3 Å². The Hall–Kier alpha value is -2.46. The number of halogens is 3. The van der Waals surface area contributed by atoms with Gasteiger partial charge in [0.2, 0.25) is 5.91 Å². The highest BCUT2D eigenvalue weighted by atomic mass is 35.5. The number of anilines is 1. The highest BCUT2D eigenvalue weighted by Crippen LogP contribution is 2.36. The highest BCUT2D eigenvalue weighted by molar-refractivity contribution is 7.89. The Bertz CT molecular complexity index is 1240. The van der Waals surface area contributed by atoms with Gasteiger partial charge in [-0.2, -0.15) is 4.31 Å². The fourth-order valence-corrected chi connectivity index (χ4v) is 5.78. The van der Waals surface area contributed by atoms with Gasteiger partial charge in [-0.25, -0.2) is 17.8 Å². The fraction of sp³-hybridized carbons (Fsp3) is 0.238. The number of hydrogen-bond donors (Lipinski definition) is 1. The molecule has 1 N–H and O–H groups in total. The van der Waals surface area contributed by atoms with Gasteiger partial charge in [-0.3, -0.25) is 4.79 Å². The monoisotopic (exact) mass is 496 g/mol. The third-order valence-electron chi connectivity index (χ3n) is 5.34. The quantitative estimate of drug-likeness (QED) is 0.580. The molecule has 0 saturated carbocycles.